The molecule has 0 saturated heterocycles. The van der Waals surface area contributed by atoms with Gasteiger partial charge >= 0.3 is 18.2 Å². The number of esters is 1. The molecule has 8 aliphatic rings. The highest BCUT2D eigenvalue weighted by Crippen LogP contribution is 2.70. The summed E-state index contributed by atoms with van der Waals surface area (Å²) in [5, 5.41) is 27.2. The summed E-state index contributed by atoms with van der Waals surface area (Å²) in [5.41, 5.74) is 4.02. The van der Waals surface area contributed by atoms with Crippen molar-refractivity contribution in [1.82, 2.24) is 5.32 Å². The van der Waals surface area contributed by atoms with Crippen molar-refractivity contribution in [3.63, 3.8) is 0 Å². The number of amides is 1. The molecule has 0 bridgehead atoms. The maximum absolute atomic E-state index is 13.6. The minimum absolute atomic E-state index is 0.0329. The number of carbonyl (C=O) groups is 4. The van der Waals surface area contributed by atoms with Gasteiger partial charge in [-0.25, -0.2) is 9.59 Å². The van der Waals surface area contributed by atoms with E-state index >= 15 is 0 Å². The van der Waals surface area contributed by atoms with Crippen molar-refractivity contribution in [3.8, 4) is 11.8 Å². The second kappa shape index (κ2) is 22.0. The lowest BCUT2D eigenvalue weighted by Crippen LogP contribution is -2.63. The van der Waals surface area contributed by atoms with Crippen LogP contribution in [0.5, 0.6) is 0 Å². The molecular weight excluding hydrogens is 961 g/mol. The van der Waals surface area contributed by atoms with Crippen LogP contribution in [0.2, 0.25) is 0 Å². The molecule has 0 radical (unpaired) electrons. The number of ketones is 1. The predicted molar refractivity (Wildman–Crippen MR) is 291 cm³/mol. The van der Waals surface area contributed by atoms with Crippen LogP contribution < -0.4 is 10.2 Å². The van der Waals surface area contributed by atoms with Gasteiger partial charge in [-0.3, -0.25) is 9.59 Å². The molecule has 76 heavy (non-hydrogen) atoms. The van der Waals surface area contributed by atoms with Gasteiger partial charge in [0, 0.05) is 55.8 Å². The molecule has 8 aliphatic carbocycles. The molecule has 7 saturated carbocycles. The van der Waals surface area contributed by atoms with E-state index in [1.807, 2.05) is 6.92 Å². The fourth-order valence-electron chi connectivity index (χ4n) is 17.5. The van der Waals surface area contributed by atoms with Gasteiger partial charge in [0.15, 0.2) is 0 Å². The maximum Gasteiger partial charge on any atom is 0.508 e. The molecule has 3 N–H and O–H groups in total. The second-order valence-corrected chi connectivity index (χ2v) is 26.4. The third-order valence-corrected chi connectivity index (χ3v) is 21.5. The number of nitrogens with one attached hydrogen (secondary N) is 1. The number of alkyl carbamates (subject to hydrolysis) is 1. The molecule has 0 spiro atoms. The standard InChI is InChI=1S/C63H90N2O11/c1-11-26-63(71)28-25-49-46-19-15-40-33-43(66)18-20-45(40)55(46)47(37-61(49,63)7)39-13-16-42(17-14-39)65(9)30-32-73-44-24-27-60(6)41(34-44)35-52(75-58(70)74-31-29-64-57(69)76-59(3,4)5)56-50-22-21-48(38(2)12-23-54(68)72-10)62(50,8)53(67)36-51(56)60/h13-17,38,41,44,46-53,56,67,71H,12,18-25,27-37H2,1-10H3,(H,64,69)/t38-,41+,44+,46?,47-,48-,49?,50+,51+,52-,53+,56+,60+,61+,62-,63+/m1/s1. The number of hydrogen-bond acceptors (Lipinski definition) is 12. The highest BCUT2D eigenvalue weighted by atomic mass is 16.7. The smallest absolute Gasteiger partial charge is 0.469 e. The van der Waals surface area contributed by atoms with E-state index in [4.69, 9.17) is 23.7 Å². The third-order valence-electron chi connectivity index (χ3n) is 21.5. The molecule has 0 heterocycles. The van der Waals surface area contributed by atoms with Crippen LogP contribution in [0, 0.1) is 75.4 Å². The van der Waals surface area contributed by atoms with E-state index in [1.165, 1.54) is 29.4 Å². The van der Waals surface area contributed by atoms with E-state index in [2.05, 4.69) is 87.1 Å². The molecule has 7 fully saturated rings. The Bertz CT molecular complexity index is 2470. The molecule has 9 rings (SSSR count). The number of methoxy groups -OCH3 is 1. The summed E-state index contributed by atoms with van der Waals surface area (Å²) in [6.07, 6.45) is 12.4. The second-order valence-electron chi connectivity index (χ2n) is 26.4. The number of fused-ring (bicyclic) bond motifs is 9. The van der Waals surface area contributed by atoms with Crippen LogP contribution in [0.25, 0.3) is 0 Å². The van der Waals surface area contributed by atoms with E-state index in [0.29, 0.717) is 75.7 Å². The largest absolute Gasteiger partial charge is 0.508 e. The van der Waals surface area contributed by atoms with Crippen LogP contribution in [-0.4, -0.2) is 104 Å². The number of likely N-dealkylation sites (N-methyl/N-ethyl adjacent to an activating group) is 1. The van der Waals surface area contributed by atoms with Crippen LogP contribution in [0.15, 0.2) is 47.1 Å². The monoisotopic (exact) mass is 1050 g/mol. The zero-order chi connectivity index (χ0) is 54.5. The van der Waals surface area contributed by atoms with E-state index < -0.39 is 41.1 Å². The van der Waals surface area contributed by atoms with Crippen LogP contribution in [0.1, 0.15) is 170 Å². The number of anilines is 1. The Balaban J connectivity index is 0.866. The SMILES string of the molecule is CC#C[C@]1(O)CCC2C3CC=C4CC(=O)CCC4=C3[C@@H](c3ccc(N(C)CCO[C@H]4CC[C@@]5(C)[C@@H](C4)C[C@@H](OC(=O)OCCNC(=O)OC(C)(C)C)[C@@H]4[C@@H]5C[C@H](O)[C@]5(C)[C@@H]([C@H](C)CCC(=O)OC)CC[C@@H]45)cc3)C[C@@]21C. The fourth-order valence-corrected chi connectivity index (χ4v) is 17.5. The Hall–Kier alpha value is -4.38. The van der Waals surface area contributed by atoms with E-state index in [0.717, 1.165) is 63.5 Å². The van der Waals surface area contributed by atoms with Crippen LogP contribution in [0.3, 0.4) is 0 Å². The van der Waals surface area contributed by atoms with Gasteiger partial charge in [0.1, 0.15) is 29.7 Å². The number of carbonyl (C=O) groups excluding carboxylic acids is 4. The van der Waals surface area contributed by atoms with Gasteiger partial charge in [0.2, 0.25) is 0 Å². The molecule has 1 aromatic carbocycles. The number of aliphatic hydroxyl groups excluding tert-OH is 1. The van der Waals surface area contributed by atoms with Gasteiger partial charge in [-0.05, 0) is 192 Å². The van der Waals surface area contributed by atoms with Gasteiger partial charge in [-0.2, -0.15) is 0 Å². The average molecular weight is 1050 g/mol. The summed E-state index contributed by atoms with van der Waals surface area (Å²) in [5.74, 6) is 8.19. The Labute approximate surface area is 453 Å². The first-order valence-electron chi connectivity index (χ1n) is 29.1. The molecule has 16 atom stereocenters. The molecule has 0 aliphatic heterocycles. The van der Waals surface area contributed by atoms with Crippen molar-refractivity contribution >= 4 is 29.7 Å². The average Bonchev–Trinajstić information content (AvgIpc) is 4.00. The van der Waals surface area contributed by atoms with Crippen molar-refractivity contribution in [1.29, 1.82) is 0 Å². The molecule has 1 aromatic rings. The number of nitrogens with zero attached hydrogens (tertiary/aromatic N) is 1. The van der Waals surface area contributed by atoms with Gasteiger partial charge in [0.25, 0.3) is 0 Å². The summed E-state index contributed by atoms with van der Waals surface area (Å²) in [6.45, 7) is 17.7. The maximum atomic E-state index is 13.6. The van der Waals surface area contributed by atoms with Gasteiger partial charge in [-0.1, -0.05) is 57.4 Å². The first-order chi connectivity index (χ1) is 36.0. The highest BCUT2D eigenvalue weighted by Gasteiger charge is 2.67. The van der Waals surface area contributed by atoms with Crippen LogP contribution in [-0.2, 0) is 33.3 Å². The van der Waals surface area contributed by atoms with E-state index in [1.54, 1.807) is 20.8 Å². The van der Waals surface area contributed by atoms with Crippen molar-refractivity contribution in [2.24, 2.45) is 63.6 Å². The van der Waals surface area contributed by atoms with Crippen molar-refractivity contribution in [2.45, 2.75) is 194 Å². The van der Waals surface area contributed by atoms with Crippen LogP contribution in [0.4, 0.5) is 15.3 Å². The van der Waals surface area contributed by atoms with Gasteiger partial charge in [0.05, 0.1) is 32.5 Å². The van der Waals surface area contributed by atoms with Crippen LogP contribution >= 0.6 is 0 Å². The zero-order valence-corrected chi connectivity index (χ0v) is 47.5. The molecule has 1 amide bonds. The number of ether oxygens (including phenoxy) is 5. The number of rotatable bonds is 14. The van der Waals surface area contributed by atoms with Crippen molar-refractivity contribution in [3.05, 3.63) is 52.6 Å². The highest BCUT2D eigenvalue weighted by molar-refractivity contribution is 5.85. The quantitative estimate of drug-likeness (QED) is 0.0698. The molecule has 0 aromatic heterocycles. The number of Topliss-reactive ketones (excluding diaryl/α,β-unsaturated/α-hetero) is 1. The summed E-state index contributed by atoms with van der Waals surface area (Å²) in [6, 6.07) is 9.03. The summed E-state index contributed by atoms with van der Waals surface area (Å²) >= 11 is 0. The Morgan fingerprint density at radius 1 is 0.961 bits per heavy atom. The van der Waals surface area contributed by atoms with E-state index in [9.17, 15) is 29.4 Å². The Kier molecular flexibility index (Phi) is 16.3. The first kappa shape index (κ1) is 56.3. The van der Waals surface area contributed by atoms with Gasteiger partial charge in [-0.15, -0.1) is 5.92 Å². The third kappa shape index (κ3) is 10.6. The van der Waals surface area contributed by atoms with Gasteiger partial charge < -0.3 is 44.1 Å². The number of benzene rings is 1. The van der Waals surface area contributed by atoms with Crippen molar-refractivity contribution in [2.75, 3.05) is 45.4 Å². The molecule has 2 unspecified atom stereocenters. The Morgan fingerprint density at radius 2 is 1.72 bits per heavy atom. The number of allylic oxidation sites excluding steroid dienone is 4. The minimum Gasteiger partial charge on any atom is -0.469 e. The lowest BCUT2D eigenvalue weighted by atomic mass is 9.43. The lowest BCUT2D eigenvalue weighted by Gasteiger charge is -2.64. The molecule has 13 nitrogen and oxygen atoms in total. The summed E-state index contributed by atoms with van der Waals surface area (Å²) < 4.78 is 29.2. The fraction of sp³-hybridized carbons (Fsp3) is 0.746. The Morgan fingerprint density at radius 3 is 2.45 bits per heavy atom. The zero-order valence-electron chi connectivity index (χ0n) is 47.5. The topological polar surface area (TPSA) is 170 Å². The number of hydrogen-bond donors (Lipinski definition) is 3. The lowest BCUT2D eigenvalue weighted by molar-refractivity contribution is -0.211. The molecule has 418 valence electrons. The van der Waals surface area contributed by atoms with Crippen molar-refractivity contribution < 1.29 is 53.1 Å². The number of aliphatic hydroxyl groups is 2. The first-order valence-corrected chi connectivity index (χ1v) is 29.1. The van der Waals surface area contributed by atoms with E-state index in [-0.39, 0.29) is 77.5 Å². The molecular formula is C63H90N2O11. The minimum atomic E-state index is -1.02. The normalized spacial score (nSPS) is 37.8. The summed E-state index contributed by atoms with van der Waals surface area (Å²) in [4.78, 5) is 53.1. The summed E-state index contributed by atoms with van der Waals surface area (Å²) in [7, 11) is 3.54. The molecule has 13 heteroatoms. The predicted octanol–water partition coefficient (Wildman–Crippen LogP) is 11.0.